The standard InChI is InChI=1S/C53H39N5O2/c1-34-17-30-49(60)58(34)32-31-48(59)54-41-22-20-38(21-23-41)51-40-19-18-39(33-40)50(35-11-5-2-6-12-35)42-24-26-44(55-42)52(36-13-7-3-8-14-36)46-28-29-47(57-46)53(37-15-9-4-10-16-37)45-27-25-43(51)56-45/h2-30,57H,1,31-33H2,(H,54,59). The van der Waals surface area contributed by atoms with Crippen LogP contribution in [0.25, 0.3) is 22.3 Å². The van der Waals surface area contributed by atoms with E-state index in [0.29, 0.717) is 17.8 Å². The van der Waals surface area contributed by atoms with Crippen molar-refractivity contribution in [1.82, 2.24) is 9.88 Å². The number of rotatable bonds is 8. The fraction of sp³-hybridized carbons (Fsp3) is 0.0566. The van der Waals surface area contributed by atoms with E-state index < -0.39 is 0 Å². The van der Waals surface area contributed by atoms with Gasteiger partial charge < -0.3 is 15.2 Å². The number of anilines is 1. The summed E-state index contributed by atoms with van der Waals surface area (Å²) in [4.78, 5) is 41.3. The molecule has 4 aromatic carbocycles. The number of amides is 2. The van der Waals surface area contributed by atoms with Gasteiger partial charge in [-0.25, -0.2) is 9.98 Å². The van der Waals surface area contributed by atoms with Crippen molar-refractivity contribution in [2.24, 2.45) is 9.98 Å². The Bertz CT molecular complexity index is 2910. The second-order valence-electron chi connectivity index (χ2n) is 15.1. The molecule has 4 aliphatic heterocycles. The zero-order valence-corrected chi connectivity index (χ0v) is 32.7. The van der Waals surface area contributed by atoms with E-state index in [0.717, 1.165) is 89.9 Å². The summed E-state index contributed by atoms with van der Waals surface area (Å²) in [5.41, 5.74) is 17.3. The lowest BCUT2D eigenvalue weighted by molar-refractivity contribution is -0.123. The maximum absolute atomic E-state index is 13.0. The maximum atomic E-state index is 13.0. The topological polar surface area (TPSA) is 89.9 Å². The molecule has 10 rings (SSSR count). The minimum Gasteiger partial charge on any atom is -0.354 e. The second kappa shape index (κ2) is 15.5. The van der Waals surface area contributed by atoms with Crippen molar-refractivity contribution in [3.05, 3.63) is 244 Å². The van der Waals surface area contributed by atoms with Crippen LogP contribution in [-0.4, -0.2) is 39.7 Å². The van der Waals surface area contributed by atoms with E-state index >= 15 is 0 Å². The molecular weight excluding hydrogens is 739 g/mol. The molecule has 1 aliphatic carbocycles. The molecule has 2 N–H and O–H groups in total. The molecule has 8 bridgehead atoms. The van der Waals surface area contributed by atoms with Gasteiger partial charge >= 0.3 is 0 Å². The van der Waals surface area contributed by atoms with E-state index in [1.165, 1.54) is 11.0 Å². The molecule has 1 aromatic heterocycles. The Balaban J connectivity index is 1.12. The minimum absolute atomic E-state index is 0.154. The summed E-state index contributed by atoms with van der Waals surface area (Å²) in [5.74, 6) is -0.335. The van der Waals surface area contributed by atoms with E-state index in [9.17, 15) is 9.59 Å². The third kappa shape index (κ3) is 6.92. The lowest BCUT2D eigenvalue weighted by atomic mass is 9.91. The number of H-pyrrole nitrogens is 1. The van der Waals surface area contributed by atoms with Gasteiger partial charge in [0.2, 0.25) is 5.91 Å². The quantitative estimate of drug-likeness (QED) is 0.164. The number of nitrogens with zero attached hydrogens (tertiary/aromatic N) is 3. The number of aliphatic imine (C=N–C) groups is 2. The van der Waals surface area contributed by atoms with Gasteiger partial charge in [0.25, 0.3) is 5.91 Å². The van der Waals surface area contributed by atoms with Crippen molar-refractivity contribution < 1.29 is 9.59 Å². The number of allylic oxidation sites excluding steroid dienone is 11. The normalized spacial score (nSPS) is 16.8. The number of carbonyl (C=O) groups is 2. The number of aromatic amines is 1. The third-order valence-electron chi connectivity index (χ3n) is 11.3. The molecule has 5 aromatic rings. The molecule has 0 saturated heterocycles. The van der Waals surface area contributed by atoms with Crippen LogP contribution in [0.1, 0.15) is 46.5 Å². The molecular formula is C53H39N5O2. The number of carbonyl (C=O) groups excluding carboxylic acids is 2. The van der Waals surface area contributed by atoms with Crippen molar-refractivity contribution in [3.8, 4) is 0 Å². The average Bonchev–Trinajstić information content (AvgIpc) is 4.15. The Morgan fingerprint density at radius 2 is 1.05 bits per heavy atom. The number of benzene rings is 4. The van der Waals surface area contributed by atoms with Gasteiger partial charge in [-0.3, -0.25) is 9.59 Å². The van der Waals surface area contributed by atoms with Crippen molar-refractivity contribution in [2.45, 2.75) is 12.8 Å². The molecule has 0 spiro atoms. The summed E-state index contributed by atoms with van der Waals surface area (Å²) in [7, 11) is 0. The van der Waals surface area contributed by atoms with Crippen molar-refractivity contribution >= 4 is 51.2 Å². The lowest BCUT2D eigenvalue weighted by Gasteiger charge is -2.17. The Labute approximate surface area is 348 Å². The van der Waals surface area contributed by atoms with Gasteiger partial charge in [0.15, 0.2) is 0 Å². The maximum Gasteiger partial charge on any atom is 0.251 e. The van der Waals surface area contributed by atoms with Crippen LogP contribution in [-0.2, 0) is 9.59 Å². The Hall–Kier alpha value is -7.90. The molecule has 0 saturated carbocycles. The molecule has 288 valence electrons. The van der Waals surface area contributed by atoms with Crippen LogP contribution < -0.4 is 5.32 Å². The van der Waals surface area contributed by atoms with Crippen LogP contribution in [0.15, 0.2) is 221 Å². The predicted molar refractivity (Wildman–Crippen MR) is 243 cm³/mol. The Morgan fingerprint density at radius 3 is 1.53 bits per heavy atom. The van der Waals surface area contributed by atoms with E-state index in [4.69, 9.17) is 9.98 Å². The molecule has 0 atom stereocenters. The first-order chi connectivity index (χ1) is 29.5. The van der Waals surface area contributed by atoms with Crippen LogP contribution >= 0.6 is 0 Å². The van der Waals surface area contributed by atoms with Crippen LogP contribution in [0.2, 0.25) is 0 Å². The van der Waals surface area contributed by atoms with Gasteiger partial charge in [0, 0.05) is 64.1 Å². The van der Waals surface area contributed by atoms with Crippen molar-refractivity contribution in [3.63, 3.8) is 0 Å². The second-order valence-corrected chi connectivity index (χ2v) is 15.1. The van der Waals surface area contributed by atoms with E-state index in [2.05, 4.69) is 138 Å². The predicted octanol–water partition coefficient (Wildman–Crippen LogP) is 10.7. The van der Waals surface area contributed by atoms with E-state index in [1.54, 1.807) is 6.08 Å². The largest absolute Gasteiger partial charge is 0.354 e. The first-order valence-electron chi connectivity index (χ1n) is 20.1. The number of aromatic nitrogens is 1. The van der Waals surface area contributed by atoms with Gasteiger partial charge in [-0.15, -0.1) is 0 Å². The third-order valence-corrected chi connectivity index (χ3v) is 11.3. The first-order valence-corrected chi connectivity index (χ1v) is 20.1. The zero-order chi connectivity index (χ0) is 40.6. The van der Waals surface area contributed by atoms with Gasteiger partial charge in [-0.05, 0) is 94.5 Å². The number of hydrogen-bond donors (Lipinski definition) is 2. The molecule has 7 heteroatoms. The molecule has 2 amide bonds. The molecule has 0 radical (unpaired) electrons. The van der Waals surface area contributed by atoms with E-state index in [-0.39, 0.29) is 24.8 Å². The SMILES string of the molecule is C=C1C=CC(=O)N1CCC(=O)Nc1ccc(C2=C3C=CC(=C(c4ccccc4)C4=NC(=C(c5ccccc5)c5ccc([nH]5)C(c5ccccc5)=C5C=CC2=N5)C=C4)C3)cc1. The van der Waals surface area contributed by atoms with Gasteiger partial charge in [0.1, 0.15) is 0 Å². The highest BCUT2D eigenvalue weighted by atomic mass is 16.2. The monoisotopic (exact) mass is 777 g/mol. The molecule has 7 nitrogen and oxygen atoms in total. The Kier molecular flexibility index (Phi) is 9.39. The smallest absolute Gasteiger partial charge is 0.251 e. The molecule has 5 aliphatic rings. The fourth-order valence-corrected chi connectivity index (χ4v) is 8.43. The minimum atomic E-state index is -0.180. The number of fused-ring (bicyclic) bond motifs is 6. The highest BCUT2D eigenvalue weighted by Crippen LogP contribution is 2.41. The highest BCUT2D eigenvalue weighted by molar-refractivity contribution is 6.34. The fourth-order valence-electron chi connectivity index (χ4n) is 8.43. The lowest BCUT2D eigenvalue weighted by Crippen LogP contribution is -2.28. The van der Waals surface area contributed by atoms with Crippen molar-refractivity contribution in [1.29, 1.82) is 0 Å². The van der Waals surface area contributed by atoms with Gasteiger partial charge in [-0.1, -0.05) is 122 Å². The molecule has 0 unspecified atom stereocenters. The number of nitrogens with one attached hydrogen (secondary N) is 2. The van der Waals surface area contributed by atoms with Crippen LogP contribution in [0.4, 0.5) is 5.69 Å². The first kappa shape index (κ1) is 36.4. The summed E-state index contributed by atoms with van der Waals surface area (Å²) in [5, 5.41) is 3.01. The molecule has 60 heavy (non-hydrogen) atoms. The Morgan fingerprint density at radius 1 is 0.567 bits per heavy atom. The summed E-state index contributed by atoms with van der Waals surface area (Å²) >= 11 is 0. The average molecular weight is 778 g/mol. The van der Waals surface area contributed by atoms with Gasteiger partial charge in [0.05, 0.1) is 22.8 Å². The summed E-state index contributed by atoms with van der Waals surface area (Å²) in [6.45, 7) is 4.16. The number of hydrogen-bond acceptors (Lipinski definition) is 4. The summed E-state index contributed by atoms with van der Waals surface area (Å²) < 4.78 is 0. The summed E-state index contributed by atoms with van der Waals surface area (Å²) in [6.07, 6.45) is 16.9. The molecule has 0 fully saturated rings. The van der Waals surface area contributed by atoms with Crippen LogP contribution in [0.3, 0.4) is 0 Å². The van der Waals surface area contributed by atoms with E-state index in [1.807, 2.05) is 42.5 Å². The zero-order valence-electron chi connectivity index (χ0n) is 32.7. The van der Waals surface area contributed by atoms with Crippen LogP contribution in [0.5, 0.6) is 0 Å². The van der Waals surface area contributed by atoms with Crippen LogP contribution in [0, 0.1) is 0 Å². The summed E-state index contributed by atoms with van der Waals surface area (Å²) in [6, 6.07) is 43.6. The van der Waals surface area contributed by atoms with Gasteiger partial charge in [-0.2, -0.15) is 0 Å². The van der Waals surface area contributed by atoms with Crippen molar-refractivity contribution in [2.75, 3.05) is 11.9 Å². The highest BCUT2D eigenvalue weighted by Gasteiger charge is 2.27. The molecule has 5 heterocycles.